The van der Waals surface area contributed by atoms with Crippen LogP contribution in [0.3, 0.4) is 0 Å². The molecule has 0 saturated heterocycles. The summed E-state index contributed by atoms with van der Waals surface area (Å²) in [5, 5.41) is 1.71. The molecule has 0 saturated carbocycles. The van der Waals surface area contributed by atoms with Gasteiger partial charge in [-0.05, 0) is 54.1 Å². The van der Waals surface area contributed by atoms with E-state index in [9.17, 15) is 8.78 Å². The lowest BCUT2D eigenvalue weighted by molar-refractivity contribution is -0.705. The number of hydrogen-bond donors (Lipinski definition) is 0. The molecule has 1 unspecified atom stereocenters. The Hall–Kier alpha value is -2.93. The SMILES string of the molecule is Fc1ccc(C(c2ccc(F)cc2)n2cc[n+](CC(OCc3ccc(Cl)cc3)c3ccc(Cl)cc3Cl)c2)cc1.[Cl-]. The highest BCUT2D eigenvalue weighted by Gasteiger charge is 2.24. The summed E-state index contributed by atoms with van der Waals surface area (Å²) in [7, 11) is 0. The van der Waals surface area contributed by atoms with E-state index in [1.807, 2.05) is 58.2 Å². The van der Waals surface area contributed by atoms with Crippen LogP contribution in [-0.4, -0.2) is 4.57 Å². The maximum atomic E-state index is 13.7. The van der Waals surface area contributed by atoms with Crippen molar-refractivity contribution in [2.45, 2.75) is 25.3 Å². The first-order valence-electron chi connectivity index (χ1n) is 12.2. The zero-order chi connectivity index (χ0) is 27.4. The molecule has 1 atom stereocenters. The van der Waals surface area contributed by atoms with Crippen molar-refractivity contribution < 1.29 is 30.5 Å². The highest BCUT2D eigenvalue weighted by molar-refractivity contribution is 6.35. The maximum absolute atomic E-state index is 13.7. The summed E-state index contributed by atoms with van der Waals surface area (Å²) in [5.41, 5.74) is 3.51. The van der Waals surface area contributed by atoms with Gasteiger partial charge in [0.25, 0.3) is 0 Å². The predicted molar refractivity (Wildman–Crippen MR) is 150 cm³/mol. The van der Waals surface area contributed by atoms with Crippen molar-refractivity contribution in [2.24, 2.45) is 0 Å². The van der Waals surface area contributed by atoms with Gasteiger partial charge in [-0.25, -0.2) is 17.9 Å². The van der Waals surface area contributed by atoms with E-state index in [-0.39, 0.29) is 36.2 Å². The molecule has 0 spiro atoms. The predicted octanol–water partition coefficient (Wildman–Crippen LogP) is 5.61. The molecule has 5 rings (SSSR count). The summed E-state index contributed by atoms with van der Waals surface area (Å²) in [6, 6.07) is 25.2. The molecule has 4 aromatic carbocycles. The molecular formula is C31H24Cl4F2N2O. The van der Waals surface area contributed by atoms with E-state index < -0.39 is 0 Å². The van der Waals surface area contributed by atoms with Crippen LogP contribution in [-0.2, 0) is 17.9 Å². The molecule has 1 heterocycles. The van der Waals surface area contributed by atoms with Crippen molar-refractivity contribution in [3.63, 3.8) is 0 Å². The molecule has 40 heavy (non-hydrogen) atoms. The summed E-state index contributed by atoms with van der Waals surface area (Å²) < 4.78 is 37.7. The largest absolute Gasteiger partial charge is 1.00 e. The van der Waals surface area contributed by atoms with Crippen molar-refractivity contribution >= 4 is 34.8 Å². The van der Waals surface area contributed by atoms with E-state index in [2.05, 4.69) is 0 Å². The Kier molecular flexibility index (Phi) is 10.2. The zero-order valence-electron chi connectivity index (χ0n) is 21.0. The molecule has 5 aromatic rings. The number of benzene rings is 4. The molecule has 0 fully saturated rings. The van der Waals surface area contributed by atoms with Gasteiger partial charge in [0.05, 0.1) is 6.61 Å². The van der Waals surface area contributed by atoms with E-state index in [0.29, 0.717) is 28.2 Å². The Bertz CT molecular complexity index is 1500. The first-order valence-corrected chi connectivity index (χ1v) is 13.4. The van der Waals surface area contributed by atoms with E-state index in [1.165, 1.54) is 24.3 Å². The van der Waals surface area contributed by atoms with Crippen LogP contribution in [0.2, 0.25) is 15.1 Å². The molecule has 3 nitrogen and oxygen atoms in total. The highest BCUT2D eigenvalue weighted by atomic mass is 35.5. The normalized spacial score (nSPS) is 11.8. The van der Waals surface area contributed by atoms with Crippen LogP contribution in [0, 0.1) is 11.6 Å². The van der Waals surface area contributed by atoms with Crippen molar-refractivity contribution in [2.75, 3.05) is 0 Å². The van der Waals surface area contributed by atoms with E-state index in [4.69, 9.17) is 39.5 Å². The standard InChI is InChI=1S/C31H24Cl3F2N2O.ClH/c32-24-7-1-21(2-8-24)19-39-30(28-14-9-25(33)17-29(28)34)18-37-15-16-38(20-37)31(22-3-10-26(35)11-4-22)23-5-12-27(36)13-6-23;/h1-17,20,30-31H,18-19H2;1H/q+1;/p-1. The molecule has 9 heteroatoms. The van der Waals surface area contributed by atoms with Crippen LogP contribution in [0.4, 0.5) is 8.78 Å². The highest BCUT2D eigenvalue weighted by Crippen LogP contribution is 2.31. The van der Waals surface area contributed by atoms with Gasteiger partial charge in [0.15, 0.2) is 6.04 Å². The quantitative estimate of drug-likeness (QED) is 0.196. The van der Waals surface area contributed by atoms with Crippen LogP contribution in [0.5, 0.6) is 0 Å². The summed E-state index contributed by atoms with van der Waals surface area (Å²) >= 11 is 18.8. The van der Waals surface area contributed by atoms with Crippen LogP contribution in [0.15, 0.2) is 110 Å². The van der Waals surface area contributed by atoms with Crippen molar-refractivity contribution in [3.8, 4) is 0 Å². The molecule has 0 amide bonds. The average Bonchev–Trinajstić information content (AvgIpc) is 3.38. The maximum Gasteiger partial charge on any atom is 0.244 e. The Morgan fingerprint density at radius 2 is 1.32 bits per heavy atom. The topological polar surface area (TPSA) is 18.0 Å². The fourth-order valence-electron chi connectivity index (χ4n) is 4.47. The lowest BCUT2D eigenvalue weighted by Gasteiger charge is -2.19. The van der Waals surface area contributed by atoms with E-state index in [1.54, 1.807) is 36.4 Å². The summed E-state index contributed by atoms with van der Waals surface area (Å²) in [5.74, 6) is -0.639. The minimum atomic E-state index is -0.388. The average molecular weight is 620 g/mol. The van der Waals surface area contributed by atoms with E-state index in [0.717, 1.165) is 22.3 Å². The fraction of sp³-hybridized carbons (Fsp3) is 0.129. The number of ether oxygens (including phenoxy) is 1. The van der Waals surface area contributed by atoms with Gasteiger partial charge in [0.1, 0.15) is 36.7 Å². The van der Waals surface area contributed by atoms with Gasteiger partial charge in [-0.2, -0.15) is 0 Å². The number of hydrogen-bond acceptors (Lipinski definition) is 1. The molecular weight excluding hydrogens is 596 g/mol. The Morgan fingerprint density at radius 3 is 1.90 bits per heavy atom. The Balaban J connectivity index is 0.00000370. The monoisotopic (exact) mass is 618 g/mol. The van der Waals surface area contributed by atoms with Crippen LogP contribution < -0.4 is 17.0 Å². The number of imidazole rings is 1. The van der Waals surface area contributed by atoms with Crippen molar-refractivity contribution in [1.29, 1.82) is 0 Å². The molecule has 0 radical (unpaired) electrons. The van der Waals surface area contributed by atoms with Gasteiger partial charge in [-0.3, -0.25) is 0 Å². The molecule has 0 N–H and O–H groups in total. The molecule has 0 aliphatic rings. The second kappa shape index (κ2) is 13.6. The molecule has 0 aliphatic heterocycles. The molecule has 1 aromatic heterocycles. The summed E-state index contributed by atoms with van der Waals surface area (Å²) in [6.07, 6.45) is 5.42. The second-order valence-electron chi connectivity index (χ2n) is 9.16. The van der Waals surface area contributed by atoms with Gasteiger partial charge in [-0.1, -0.05) is 77.3 Å². The zero-order valence-corrected chi connectivity index (χ0v) is 24.1. The van der Waals surface area contributed by atoms with Gasteiger partial charge in [0.2, 0.25) is 6.33 Å². The minimum Gasteiger partial charge on any atom is -1.00 e. The number of aromatic nitrogens is 2. The third-order valence-corrected chi connectivity index (χ3v) is 7.25. The van der Waals surface area contributed by atoms with Crippen LogP contribution >= 0.6 is 34.8 Å². The summed E-state index contributed by atoms with van der Waals surface area (Å²) in [4.78, 5) is 0. The van der Waals surface area contributed by atoms with Gasteiger partial charge < -0.3 is 17.1 Å². The second-order valence-corrected chi connectivity index (χ2v) is 10.4. The third kappa shape index (κ3) is 7.42. The van der Waals surface area contributed by atoms with Gasteiger partial charge >= 0.3 is 0 Å². The minimum absolute atomic E-state index is 0. The van der Waals surface area contributed by atoms with Crippen LogP contribution in [0.1, 0.15) is 34.4 Å². The summed E-state index contributed by atoms with van der Waals surface area (Å²) in [6.45, 7) is 0.817. The fourth-order valence-corrected chi connectivity index (χ4v) is 5.13. The number of nitrogens with zero attached hydrogens (tertiary/aromatic N) is 2. The molecule has 0 bridgehead atoms. The Labute approximate surface area is 252 Å². The Morgan fingerprint density at radius 1 is 0.750 bits per heavy atom. The van der Waals surface area contributed by atoms with E-state index >= 15 is 0 Å². The molecule has 206 valence electrons. The van der Waals surface area contributed by atoms with Gasteiger partial charge in [0, 0.05) is 31.8 Å². The first kappa shape index (κ1) is 30.0. The lowest BCUT2D eigenvalue weighted by atomic mass is 9.98. The van der Waals surface area contributed by atoms with Crippen molar-refractivity contribution in [1.82, 2.24) is 4.57 Å². The first-order chi connectivity index (χ1) is 18.9. The third-order valence-electron chi connectivity index (χ3n) is 6.43. The molecule has 0 aliphatic carbocycles. The van der Waals surface area contributed by atoms with Gasteiger partial charge in [-0.15, -0.1) is 0 Å². The van der Waals surface area contributed by atoms with Crippen molar-refractivity contribution in [3.05, 3.63) is 159 Å². The number of rotatable bonds is 9. The van der Waals surface area contributed by atoms with Crippen LogP contribution in [0.25, 0.3) is 0 Å². The number of halogens is 6. The smallest absolute Gasteiger partial charge is 0.244 e. The lowest BCUT2D eigenvalue weighted by Crippen LogP contribution is -3.00.